The molecule has 0 bridgehead atoms. The van der Waals surface area contributed by atoms with E-state index in [4.69, 9.17) is 0 Å². The zero-order valence-corrected chi connectivity index (χ0v) is 18.6. The molecule has 0 radical (unpaired) electrons. The zero-order valence-electron chi connectivity index (χ0n) is 15.5. The van der Waals surface area contributed by atoms with Gasteiger partial charge in [0.15, 0.2) is 5.96 Å². The number of piperidine rings is 1. The van der Waals surface area contributed by atoms with Gasteiger partial charge in [-0.1, -0.05) is 6.92 Å². The number of rotatable bonds is 4. The summed E-state index contributed by atoms with van der Waals surface area (Å²) in [4.78, 5) is 11.9. The van der Waals surface area contributed by atoms with Gasteiger partial charge in [0, 0.05) is 52.9 Å². The SMILES string of the molecule is CN=C(NCCN1CCCC(C)C1)N1CCN(c2cccs2)CC1.I. The van der Waals surface area contributed by atoms with Crippen LogP contribution in [0.2, 0.25) is 0 Å². The Bertz CT molecular complexity index is 514. The lowest BCUT2D eigenvalue weighted by Gasteiger charge is -2.37. The molecule has 0 amide bonds. The standard InChI is InChI=1S/C18H31N5S.HI/c1-16-5-3-8-21(15-16)9-7-20-18(19-2)23-12-10-22(11-13-23)17-6-4-14-24-17;/h4,6,14,16H,3,5,7-13,15H2,1-2H3,(H,19,20);1H. The van der Waals surface area contributed by atoms with Gasteiger partial charge in [0.1, 0.15) is 0 Å². The van der Waals surface area contributed by atoms with Crippen molar-refractivity contribution in [1.29, 1.82) is 0 Å². The quantitative estimate of drug-likeness (QED) is 0.411. The van der Waals surface area contributed by atoms with Crippen LogP contribution >= 0.6 is 35.3 Å². The van der Waals surface area contributed by atoms with Gasteiger partial charge in [-0.2, -0.15) is 0 Å². The Hall–Kier alpha value is -0.540. The van der Waals surface area contributed by atoms with Crippen molar-refractivity contribution in [3.8, 4) is 0 Å². The van der Waals surface area contributed by atoms with Gasteiger partial charge >= 0.3 is 0 Å². The lowest BCUT2D eigenvalue weighted by Crippen LogP contribution is -2.53. The van der Waals surface area contributed by atoms with Crippen LogP contribution < -0.4 is 10.2 Å². The summed E-state index contributed by atoms with van der Waals surface area (Å²) < 4.78 is 0. The average Bonchev–Trinajstić information content (AvgIpc) is 3.14. The van der Waals surface area contributed by atoms with Gasteiger partial charge in [0.25, 0.3) is 0 Å². The Morgan fingerprint density at radius 1 is 1.28 bits per heavy atom. The summed E-state index contributed by atoms with van der Waals surface area (Å²) in [5.74, 6) is 1.91. The second kappa shape index (κ2) is 10.6. The summed E-state index contributed by atoms with van der Waals surface area (Å²) in [5, 5.41) is 7.11. The summed E-state index contributed by atoms with van der Waals surface area (Å²) in [6, 6.07) is 4.35. The Balaban J connectivity index is 0.00000225. The highest BCUT2D eigenvalue weighted by molar-refractivity contribution is 14.0. The van der Waals surface area contributed by atoms with Crippen molar-refractivity contribution in [1.82, 2.24) is 15.1 Å². The van der Waals surface area contributed by atoms with Crippen LogP contribution in [0.25, 0.3) is 0 Å². The number of thiophene rings is 1. The molecule has 5 nitrogen and oxygen atoms in total. The number of piperazine rings is 1. The third-order valence-corrected chi connectivity index (χ3v) is 5.99. The normalized spacial score (nSPS) is 22.6. The fourth-order valence-electron chi connectivity index (χ4n) is 3.74. The molecule has 2 fully saturated rings. The first-order chi connectivity index (χ1) is 11.8. The van der Waals surface area contributed by atoms with Crippen molar-refractivity contribution < 1.29 is 0 Å². The summed E-state index contributed by atoms with van der Waals surface area (Å²) in [5.41, 5.74) is 0. The summed E-state index contributed by atoms with van der Waals surface area (Å²) in [7, 11) is 1.90. The van der Waals surface area contributed by atoms with E-state index in [0.717, 1.165) is 51.1 Å². The third-order valence-electron chi connectivity index (χ3n) is 5.06. The molecule has 2 aliphatic heterocycles. The number of aliphatic imine (C=N–C) groups is 1. The first kappa shape index (κ1) is 20.8. The van der Waals surface area contributed by atoms with Gasteiger partial charge in [-0.25, -0.2) is 0 Å². The summed E-state index contributed by atoms with van der Waals surface area (Å²) in [6.45, 7) is 11.2. The predicted molar refractivity (Wildman–Crippen MR) is 120 cm³/mol. The van der Waals surface area contributed by atoms with E-state index in [0.29, 0.717) is 0 Å². The van der Waals surface area contributed by atoms with Crippen LogP contribution in [0.4, 0.5) is 5.00 Å². The van der Waals surface area contributed by atoms with Crippen LogP contribution in [-0.2, 0) is 0 Å². The molecule has 1 aromatic heterocycles. The maximum Gasteiger partial charge on any atom is 0.193 e. The Morgan fingerprint density at radius 3 is 2.72 bits per heavy atom. The van der Waals surface area contributed by atoms with Crippen LogP contribution in [0.3, 0.4) is 0 Å². The van der Waals surface area contributed by atoms with Crippen LogP contribution in [0.1, 0.15) is 19.8 Å². The molecule has 0 aromatic carbocycles. The van der Waals surface area contributed by atoms with Crippen LogP contribution in [0.15, 0.2) is 22.5 Å². The monoisotopic (exact) mass is 477 g/mol. The predicted octanol–water partition coefficient (Wildman–Crippen LogP) is 2.80. The number of nitrogens with zero attached hydrogens (tertiary/aromatic N) is 4. The summed E-state index contributed by atoms with van der Waals surface area (Å²) in [6.07, 6.45) is 2.74. The molecule has 1 atom stereocenters. The van der Waals surface area contributed by atoms with Crippen molar-refractivity contribution in [2.45, 2.75) is 19.8 Å². The van der Waals surface area contributed by atoms with Gasteiger partial charge < -0.3 is 20.0 Å². The van der Waals surface area contributed by atoms with Gasteiger partial charge in [-0.15, -0.1) is 35.3 Å². The molecule has 25 heavy (non-hydrogen) atoms. The van der Waals surface area contributed by atoms with Gasteiger partial charge in [-0.05, 0) is 42.8 Å². The van der Waals surface area contributed by atoms with Crippen molar-refractivity contribution in [2.75, 3.05) is 64.3 Å². The number of nitrogens with one attached hydrogen (secondary N) is 1. The van der Waals surface area contributed by atoms with Gasteiger partial charge in [0.05, 0.1) is 5.00 Å². The molecule has 0 spiro atoms. The van der Waals surface area contributed by atoms with E-state index in [1.807, 2.05) is 18.4 Å². The smallest absolute Gasteiger partial charge is 0.193 e. The van der Waals surface area contributed by atoms with E-state index in [-0.39, 0.29) is 24.0 Å². The maximum absolute atomic E-state index is 4.49. The van der Waals surface area contributed by atoms with E-state index in [1.54, 1.807) is 0 Å². The highest BCUT2D eigenvalue weighted by Crippen LogP contribution is 2.22. The van der Waals surface area contributed by atoms with Crippen molar-refractivity contribution >= 4 is 46.3 Å². The van der Waals surface area contributed by atoms with Gasteiger partial charge in [0.2, 0.25) is 0 Å². The summed E-state index contributed by atoms with van der Waals surface area (Å²) >= 11 is 1.83. The Morgan fingerprint density at radius 2 is 2.08 bits per heavy atom. The highest BCUT2D eigenvalue weighted by Gasteiger charge is 2.20. The topological polar surface area (TPSA) is 34.1 Å². The lowest BCUT2D eigenvalue weighted by atomic mass is 10.0. The second-order valence-corrected chi connectivity index (χ2v) is 7.87. The molecule has 7 heteroatoms. The zero-order chi connectivity index (χ0) is 16.8. The van der Waals surface area contributed by atoms with Crippen molar-refractivity contribution in [3.05, 3.63) is 17.5 Å². The molecular weight excluding hydrogens is 445 g/mol. The van der Waals surface area contributed by atoms with E-state index in [2.05, 4.69) is 49.4 Å². The first-order valence-corrected chi connectivity index (χ1v) is 10.1. The first-order valence-electron chi connectivity index (χ1n) is 9.22. The van der Waals surface area contributed by atoms with Crippen LogP contribution in [-0.4, -0.2) is 75.2 Å². The molecule has 2 saturated heterocycles. The van der Waals surface area contributed by atoms with E-state index in [1.165, 1.54) is 30.9 Å². The molecule has 0 saturated carbocycles. The van der Waals surface area contributed by atoms with E-state index in [9.17, 15) is 0 Å². The molecule has 2 aliphatic rings. The minimum atomic E-state index is 0. The van der Waals surface area contributed by atoms with Crippen LogP contribution in [0, 0.1) is 5.92 Å². The largest absolute Gasteiger partial charge is 0.360 e. The third kappa shape index (κ3) is 5.99. The Kier molecular flexibility index (Phi) is 8.78. The highest BCUT2D eigenvalue weighted by atomic mass is 127. The minimum Gasteiger partial charge on any atom is -0.360 e. The minimum absolute atomic E-state index is 0. The van der Waals surface area contributed by atoms with E-state index < -0.39 is 0 Å². The number of likely N-dealkylation sites (tertiary alicyclic amines) is 1. The molecule has 1 aromatic rings. The van der Waals surface area contributed by atoms with Gasteiger partial charge in [-0.3, -0.25) is 4.99 Å². The van der Waals surface area contributed by atoms with Crippen molar-refractivity contribution in [2.24, 2.45) is 10.9 Å². The van der Waals surface area contributed by atoms with Crippen LogP contribution in [0.5, 0.6) is 0 Å². The average molecular weight is 477 g/mol. The molecule has 3 rings (SSSR count). The molecule has 0 aliphatic carbocycles. The molecule has 1 unspecified atom stereocenters. The van der Waals surface area contributed by atoms with Crippen molar-refractivity contribution in [3.63, 3.8) is 0 Å². The lowest BCUT2D eigenvalue weighted by molar-refractivity contribution is 0.186. The maximum atomic E-state index is 4.49. The number of guanidine groups is 1. The number of hydrogen-bond donors (Lipinski definition) is 1. The fraction of sp³-hybridized carbons (Fsp3) is 0.722. The number of hydrogen-bond acceptors (Lipinski definition) is 4. The molecular formula is C18H32IN5S. The molecule has 1 N–H and O–H groups in total. The molecule has 142 valence electrons. The number of anilines is 1. The van der Waals surface area contributed by atoms with E-state index >= 15 is 0 Å². The number of halogens is 1. The second-order valence-electron chi connectivity index (χ2n) is 6.95. The Labute approximate surface area is 173 Å². The molecule has 3 heterocycles. The fourth-order valence-corrected chi connectivity index (χ4v) is 4.52.